The van der Waals surface area contributed by atoms with Gasteiger partial charge in [-0.05, 0) is 84.1 Å². The second-order valence-electron chi connectivity index (χ2n) is 12.9. The number of benzene rings is 2. The van der Waals surface area contributed by atoms with Crippen LogP contribution in [-0.4, -0.2) is 70.3 Å². The average Bonchev–Trinajstić information content (AvgIpc) is 2.91. The third-order valence-corrected chi connectivity index (χ3v) is 6.62. The minimum atomic E-state index is -1.37. The third kappa shape index (κ3) is 11.3. The van der Waals surface area contributed by atoms with E-state index in [9.17, 15) is 24.3 Å². The van der Waals surface area contributed by atoms with Crippen molar-refractivity contribution in [3.8, 4) is 0 Å². The molecule has 2 aromatic rings. The van der Waals surface area contributed by atoms with Crippen LogP contribution >= 0.6 is 0 Å². The van der Waals surface area contributed by atoms with Crippen molar-refractivity contribution in [2.24, 2.45) is 0 Å². The lowest BCUT2D eigenvalue weighted by molar-refractivity contribution is -0.159. The summed E-state index contributed by atoms with van der Waals surface area (Å²) in [6, 6.07) is 11.1. The Morgan fingerprint density at radius 1 is 0.841 bits per heavy atom. The molecule has 0 bridgehead atoms. The molecule has 0 aliphatic rings. The molecule has 0 spiro atoms. The van der Waals surface area contributed by atoms with Gasteiger partial charge in [0.1, 0.15) is 29.3 Å². The lowest BCUT2D eigenvalue weighted by atomic mass is 9.97. The van der Waals surface area contributed by atoms with E-state index in [1.807, 2.05) is 63.2 Å². The zero-order valence-electron chi connectivity index (χ0n) is 27.5. The topological polar surface area (TPSA) is 134 Å². The van der Waals surface area contributed by atoms with Gasteiger partial charge in [0.05, 0.1) is 6.61 Å². The first kappa shape index (κ1) is 36.3. The molecule has 0 saturated carbocycles. The van der Waals surface area contributed by atoms with Gasteiger partial charge in [-0.1, -0.05) is 55.5 Å². The highest BCUT2D eigenvalue weighted by Crippen LogP contribution is 2.26. The summed E-state index contributed by atoms with van der Waals surface area (Å²) < 4.78 is 11.0. The normalized spacial score (nSPS) is 13.7. The molecule has 3 amide bonds. The van der Waals surface area contributed by atoms with E-state index in [0.717, 1.165) is 16.7 Å². The fourth-order valence-electron chi connectivity index (χ4n) is 4.52. The van der Waals surface area contributed by atoms with Crippen LogP contribution in [0.3, 0.4) is 0 Å². The van der Waals surface area contributed by atoms with Crippen LogP contribution < -0.4 is 10.6 Å². The molecule has 0 saturated heterocycles. The van der Waals surface area contributed by atoms with Gasteiger partial charge in [0.2, 0.25) is 11.8 Å². The fourth-order valence-corrected chi connectivity index (χ4v) is 4.52. The second kappa shape index (κ2) is 15.7. The molecule has 3 N–H and O–H groups in total. The van der Waals surface area contributed by atoms with Crippen molar-refractivity contribution >= 4 is 23.9 Å². The molecular weight excluding hydrogens is 562 g/mol. The van der Waals surface area contributed by atoms with Crippen LogP contribution in [-0.2, 0) is 30.3 Å². The lowest BCUT2D eigenvalue weighted by Gasteiger charge is -2.35. The Balaban J connectivity index is 2.56. The monoisotopic (exact) mass is 611 g/mol. The van der Waals surface area contributed by atoms with E-state index in [1.165, 1.54) is 4.90 Å². The maximum absolute atomic E-state index is 14.3. The number of nitrogens with zero attached hydrogens (tertiary/aromatic N) is 1. The second-order valence-corrected chi connectivity index (χ2v) is 12.9. The van der Waals surface area contributed by atoms with E-state index in [4.69, 9.17) is 9.47 Å². The number of amides is 3. The van der Waals surface area contributed by atoms with Gasteiger partial charge < -0.3 is 30.1 Å². The molecule has 3 unspecified atom stereocenters. The number of esters is 1. The Labute approximate surface area is 261 Å². The zero-order chi connectivity index (χ0) is 33.2. The van der Waals surface area contributed by atoms with Gasteiger partial charge in [0.15, 0.2) is 0 Å². The Bertz CT molecular complexity index is 1280. The Morgan fingerprint density at radius 3 is 1.98 bits per heavy atom. The van der Waals surface area contributed by atoms with E-state index < -0.39 is 59.8 Å². The summed E-state index contributed by atoms with van der Waals surface area (Å²) in [6.45, 7) is 15.4. The number of carbonyl (C=O) groups excluding carboxylic acids is 4. The molecule has 0 heterocycles. The molecule has 0 aliphatic heterocycles. The fraction of sp³-hybridized carbons (Fsp3) is 0.529. The summed E-state index contributed by atoms with van der Waals surface area (Å²) >= 11 is 0. The first-order valence-electron chi connectivity index (χ1n) is 15.0. The lowest BCUT2D eigenvalue weighted by Crippen LogP contribution is -2.56. The minimum Gasteiger partial charge on any atom is -0.458 e. The molecule has 0 radical (unpaired) electrons. The summed E-state index contributed by atoms with van der Waals surface area (Å²) in [4.78, 5) is 55.4. The first-order valence-corrected chi connectivity index (χ1v) is 15.0. The van der Waals surface area contributed by atoms with Crippen molar-refractivity contribution in [3.05, 3.63) is 70.8 Å². The van der Waals surface area contributed by atoms with Gasteiger partial charge >= 0.3 is 12.1 Å². The maximum Gasteiger partial charge on any atom is 0.408 e. The van der Waals surface area contributed by atoms with Gasteiger partial charge in [-0.25, -0.2) is 9.59 Å². The molecule has 0 aliphatic carbocycles. The molecule has 10 nitrogen and oxygen atoms in total. The highest BCUT2D eigenvalue weighted by Gasteiger charge is 2.38. The smallest absolute Gasteiger partial charge is 0.408 e. The van der Waals surface area contributed by atoms with E-state index >= 15 is 0 Å². The number of aliphatic hydroxyl groups excluding tert-OH is 1. The number of alkyl carbamates (subject to hydrolysis) is 1. The SMILES string of the molecule is CCCN(C(=O)C(CO)NC(=O)OC(C)(C)C)C(C(=O)NC(Cc1ccccc1)C(=O)OC(C)(C)C)c1ccc(C)c(C)c1. The van der Waals surface area contributed by atoms with Crippen molar-refractivity contribution in [2.75, 3.05) is 13.2 Å². The third-order valence-electron chi connectivity index (χ3n) is 6.62. The molecule has 0 aromatic heterocycles. The molecule has 3 atom stereocenters. The van der Waals surface area contributed by atoms with Crippen LogP contribution in [0.2, 0.25) is 0 Å². The van der Waals surface area contributed by atoms with Crippen molar-refractivity contribution in [3.63, 3.8) is 0 Å². The van der Waals surface area contributed by atoms with Crippen molar-refractivity contribution < 1.29 is 33.8 Å². The summed E-state index contributed by atoms with van der Waals surface area (Å²) in [5, 5.41) is 15.4. The Hall–Kier alpha value is -3.92. The molecule has 0 fully saturated rings. The highest BCUT2D eigenvalue weighted by molar-refractivity contribution is 5.94. The number of carbonyl (C=O) groups is 4. The van der Waals surface area contributed by atoms with E-state index in [1.54, 1.807) is 47.6 Å². The average molecular weight is 612 g/mol. The summed E-state index contributed by atoms with van der Waals surface area (Å²) in [7, 11) is 0. The summed E-state index contributed by atoms with van der Waals surface area (Å²) in [5.41, 5.74) is 1.61. The maximum atomic E-state index is 14.3. The zero-order valence-corrected chi connectivity index (χ0v) is 27.5. The van der Waals surface area contributed by atoms with Crippen LogP contribution in [0.15, 0.2) is 48.5 Å². The Kier molecular flexibility index (Phi) is 12.9. The van der Waals surface area contributed by atoms with Gasteiger partial charge in [0, 0.05) is 13.0 Å². The van der Waals surface area contributed by atoms with E-state index in [-0.39, 0.29) is 13.0 Å². The largest absolute Gasteiger partial charge is 0.458 e. The number of ether oxygens (including phenoxy) is 2. The molecule has 242 valence electrons. The van der Waals surface area contributed by atoms with Crippen LogP contribution in [0.5, 0.6) is 0 Å². The predicted molar refractivity (Wildman–Crippen MR) is 169 cm³/mol. The number of rotatable bonds is 12. The Morgan fingerprint density at radius 2 is 1.45 bits per heavy atom. The summed E-state index contributed by atoms with van der Waals surface area (Å²) in [5.74, 6) is -1.88. The minimum absolute atomic E-state index is 0.131. The molecule has 44 heavy (non-hydrogen) atoms. The van der Waals surface area contributed by atoms with Crippen molar-refractivity contribution in [1.82, 2.24) is 15.5 Å². The number of hydrogen-bond acceptors (Lipinski definition) is 7. The number of aliphatic hydroxyl groups is 1. The predicted octanol–water partition coefficient (Wildman–Crippen LogP) is 4.54. The van der Waals surface area contributed by atoms with E-state index in [2.05, 4.69) is 10.6 Å². The number of hydrogen-bond donors (Lipinski definition) is 3. The van der Waals surface area contributed by atoms with Crippen molar-refractivity contribution in [1.29, 1.82) is 0 Å². The van der Waals surface area contributed by atoms with Crippen molar-refractivity contribution in [2.45, 2.75) is 104 Å². The van der Waals surface area contributed by atoms with Gasteiger partial charge in [-0.2, -0.15) is 0 Å². The summed E-state index contributed by atoms with van der Waals surface area (Å²) in [6.07, 6.45) is -0.228. The van der Waals surface area contributed by atoms with Crippen LogP contribution in [0, 0.1) is 13.8 Å². The molecule has 2 aromatic carbocycles. The van der Waals surface area contributed by atoms with E-state index in [0.29, 0.717) is 12.0 Å². The van der Waals surface area contributed by atoms with Gasteiger partial charge in [0.25, 0.3) is 0 Å². The van der Waals surface area contributed by atoms with Crippen LogP contribution in [0.4, 0.5) is 4.79 Å². The van der Waals surface area contributed by atoms with Gasteiger partial charge in [-0.3, -0.25) is 9.59 Å². The molecule has 10 heteroatoms. The standard InChI is InChI=1S/C34H49N3O7/c1-10-18-37(30(40)27(21-38)36-32(42)44-34(7,8)9)28(25-17-16-22(2)23(3)19-25)29(39)35-26(31(41)43-33(4,5)6)20-24-14-12-11-13-15-24/h11-17,19,26-28,38H,10,18,20-21H2,1-9H3,(H,35,39)(H,36,42). The first-order chi connectivity index (χ1) is 20.5. The van der Waals surface area contributed by atoms with Crippen LogP contribution in [0.25, 0.3) is 0 Å². The number of nitrogens with one attached hydrogen (secondary N) is 2. The van der Waals surface area contributed by atoms with Gasteiger partial charge in [-0.15, -0.1) is 0 Å². The molecule has 2 rings (SSSR count). The highest BCUT2D eigenvalue weighted by atomic mass is 16.6. The molecular formula is C34H49N3O7. The number of aryl methyl sites for hydroxylation is 2. The quantitative estimate of drug-likeness (QED) is 0.300. The van der Waals surface area contributed by atoms with Crippen LogP contribution in [0.1, 0.15) is 83.2 Å².